The number of rotatable bonds is 15. The van der Waals surface area contributed by atoms with E-state index >= 15 is 0 Å². The maximum Gasteiger partial charge on any atom is 0.148 e. The van der Waals surface area contributed by atoms with Gasteiger partial charge in [0, 0.05) is 19.8 Å². The van der Waals surface area contributed by atoms with Crippen molar-refractivity contribution < 1.29 is 33.2 Å². The van der Waals surface area contributed by atoms with E-state index < -0.39 is 0 Å². The molecule has 0 bridgehead atoms. The molecule has 0 rings (SSSR count). The molecule has 0 fully saturated rings. The molecular formula is C62H136O7. The SMILES string of the molecule is CC(C)(C)CCCC(C)(C)C.CC(C)(C)CCCOC(C)(C)C.CC(C)(C)CCOC(C)(C)C.CC(C)(C)CCOCC(C)(C)C.CC(C)(C)OCCOC(C)(C)C.CC(C)(C)OCOC(C)(C)C. The third kappa shape index (κ3) is 114. The minimum absolute atomic E-state index is 0.0191. The van der Waals surface area contributed by atoms with E-state index in [-0.39, 0.29) is 33.6 Å². The highest BCUT2D eigenvalue weighted by Crippen LogP contribution is 2.28. The Morgan fingerprint density at radius 2 is 0.435 bits per heavy atom. The van der Waals surface area contributed by atoms with Crippen molar-refractivity contribution in [1.29, 1.82) is 0 Å². The molecule has 0 N–H and O–H groups in total. The summed E-state index contributed by atoms with van der Waals surface area (Å²) in [5.41, 5.74) is 2.31. The molecule has 7 nitrogen and oxygen atoms in total. The van der Waals surface area contributed by atoms with Gasteiger partial charge in [-0.3, -0.25) is 0 Å². The molecular weight excluding hydrogens is 857 g/mol. The molecule has 69 heavy (non-hydrogen) atoms. The summed E-state index contributed by atoms with van der Waals surface area (Å²) in [6, 6.07) is 0. The Morgan fingerprint density at radius 1 is 0.203 bits per heavy atom. The molecule has 0 aromatic rings. The van der Waals surface area contributed by atoms with Crippen LogP contribution in [0.15, 0.2) is 0 Å². The summed E-state index contributed by atoms with van der Waals surface area (Å²) in [6.07, 6.45) is 8.75. The highest BCUT2D eigenvalue weighted by atomic mass is 16.7. The van der Waals surface area contributed by atoms with E-state index in [1.807, 2.05) is 83.1 Å². The van der Waals surface area contributed by atoms with Gasteiger partial charge >= 0.3 is 0 Å². The Hall–Kier alpha value is -0.280. The summed E-state index contributed by atoms with van der Waals surface area (Å²) in [4.78, 5) is 0. The van der Waals surface area contributed by atoms with Crippen LogP contribution in [-0.2, 0) is 33.2 Å². The van der Waals surface area contributed by atoms with Crippen LogP contribution in [0.25, 0.3) is 0 Å². The molecule has 0 aliphatic carbocycles. The van der Waals surface area contributed by atoms with Gasteiger partial charge in [-0.1, -0.05) is 131 Å². The smallest absolute Gasteiger partial charge is 0.148 e. The molecule has 7 heteroatoms. The highest BCUT2D eigenvalue weighted by molar-refractivity contribution is 4.68. The normalized spacial score (nSPS) is 13.6. The van der Waals surface area contributed by atoms with Crippen molar-refractivity contribution in [2.45, 2.75) is 328 Å². The molecule has 0 saturated heterocycles. The lowest BCUT2D eigenvalue weighted by atomic mass is 9.84. The van der Waals surface area contributed by atoms with E-state index in [0.29, 0.717) is 52.5 Å². The van der Waals surface area contributed by atoms with Crippen molar-refractivity contribution in [2.75, 3.05) is 46.4 Å². The maximum atomic E-state index is 5.62. The molecule has 0 aliphatic rings. The van der Waals surface area contributed by atoms with Crippen LogP contribution in [0, 0.1) is 32.5 Å². The zero-order valence-electron chi connectivity index (χ0n) is 54.8. The molecule has 0 atom stereocenters. The number of ether oxygens (including phenoxy) is 7. The van der Waals surface area contributed by atoms with Crippen molar-refractivity contribution in [2.24, 2.45) is 32.5 Å². The molecule has 0 aromatic carbocycles. The van der Waals surface area contributed by atoms with E-state index in [9.17, 15) is 0 Å². The molecule has 0 saturated carbocycles. The van der Waals surface area contributed by atoms with Gasteiger partial charge in [0.05, 0.1) is 53.4 Å². The van der Waals surface area contributed by atoms with Gasteiger partial charge in [-0.25, -0.2) is 0 Å². The summed E-state index contributed by atoms with van der Waals surface area (Å²) in [6.45, 7) is 82.9. The van der Waals surface area contributed by atoms with Crippen molar-refractivity contribution >= 4 is 0 Å². The Bertz CT molecular complexity index is 897. The zero-order valence-corrected chi connectivity index (χ0v) is 54.8. The van der Waals surface area contributed by atoms with Gasteiger partial charge in [-0.15, -0.1) is 0 Å². The molecule has 0 amide bonds. The highest BCUT2D eigenvalue weighted by Gasteiger charge is 2.18. The van der Waals surface area contributed by atoms with Gasteiger partial charge in [0.15, 0.2) is 0 Å². The van der Waals surface area contributed by atoms with Gasteiger partial charge in [0.2, 0.25) is 0 Å². The van der Waals surface area contributed by atoms with E-state index in [1.165, 1.54) is 32.1 Å². The fourth-order valence-corrected chi connectivity index (χ4v) is 4.63. The first-order valence-electron chi connectivity index (χ1n) is 27.2. The lowest BCUT2D eigenvalue weighted by Gasteiger charge is -2.24. The molecule has 0 aliphatic heterocycles. The molecule has 426 valence electrons. The second-order valence-corrected chi connectivity index (χ2v) is 32.3. The van der Waals surface area contributed by atoms with Crippen LogP contribution < -0.4 is 0 Å². The Balaban J connectivity index is -0.000000173. The van der Waals surface area contributed by atoms with E-state index in [0.717, 1.165) is 39.3 Å². The van der Waals surface area contributed by atoms with Crippen molar-refractivity contribution in [3.8, 4) is 0 Å². The minimum atomic E-state index is -0.106. The Labute approximate surface area is 438 Å². The average Bonchev–Trinajstić information content (AvgIpc) is 2.99. The van der Waals surface area contributed by atoms with Crippen LogP contribution in [0.1, 0.15) is 294 Å². The first-order valence-corrected chi connectivity index (χ1v) is 27.2. The lowest BCUT2D eigenvalue weighted by Crippen LogP contribution is -2.26. The maximum absolute atomic E-state index is 5.62. The van der Waals surface area contributed by atoms with Crippen LogP contribution in [0.3, 0.4) is 0 Å². The van der Waals surface area contributed by atoms with Crippen LogP contribution in [0.5, 0.6) is 0 Å². The summed E-state index contributed by atoms with van der Waals surface area (Å²) in [5, 5.41) is 0. The predicted octanol–water partition coefficient (Wildman–Crippen LogP) is 19.8. The molecule has 0 radical (unpaired) electrons. The summed E-state index contributed by atoms with van der Waals surface area (Å²) in [7, 11) is 0. The van der Waals surface area contributed by atoms with E-state index in [1.54, 1.807) is 0 Å². The summed E-state index contributed by atoms with van der Waals surface area (Å²) >= 11 is 0. The van der Waals surface area contributed by atoms with Gasteiger partial charge < -0.3 is 33.2 Å². The topological polar surface area (TPSA) is 64.6 Å². The minimum Gasteiger partial charge on any atom is -0.381 e. The first kappa shape index (κ1) is 80.1. The van der Waals surface area contributed by atoms with E-state index in [2.05, 4.69) is 166 Å². The largest absolute Gasteiger partial charge is 0.381 e. The Kier molecular flexibility index (Phi) is 40.7. The molecule has 0 spiro atoms. The quantitative estimate of drug-likeness (QED) is 0.120. The van der Waals surface area contributed by atoms with Crippen molar-refractivity contribution in [1.82, 2.24) is 0 Å². The molecule has 0 aromatic heterocycles. The monoisotopic (exact) mass is 993 g/mol. The predicted molar refractivity (Wildman–Crippen MR) is 309 cm³/mol. The van der Waals surface area contributed by atoms with Crippen LogP contribution in [-0.4, -0.2) is 80.0 Å². The second-order valence-electron chi connectivity index (χ2n) is 32.3. The van der Waals surface area contributed by atoms with Gasteiger partial charge in [0.1, 0.15) is 6.79 Å². The fraction of sp³-hybridized carbons (Fsp3) is 1.00. The second kappa shape index (κ2) is 35.1. The zero-order chi connectivity index (χ0) is 56.8. The Morgan fingerprint density at radius 3 is 0.681 bits per heavy atom. The van der Waals surface area contributed by atoms with Crippen molar-refractivity contribution in [3.05, 3.63) is 0 Å². The number of hydrogen-bond acceptors (Lipinski definition) is 7. The third-order valence-electron chi connectivity index (χ3n) is 8.52. The van der Waals surface area contributed by atoms with Gasteiger partial charge in [0.25, 0.3) is 0 Å². The lowest BCUT2D eigenvalue weighted by molar-refractivity contribution is -0.163. The van der Waals surface area contributed by atoms with Crippen LogP contribution >= 0.6 is 0 Å². The van der Waals surface area contributed by atoms with Crippen molar-refractivity contribution in [3.63, 3.8) is 0 Å². The fourth-order valence-electron chi connectivity index (χ4n) is 4.63. The van der Waals surface area contributed by atoms with Crippen LogP contribution in [0.2, 0.25) is 0 Å². The average molecular weight is 994 g/mol. The standard InChI is InChI=1S/2C11H24O.C11H24.C10H22O2.C10H22O.C9H20O2/c1-10(2,3)7-8-12-9-11(4,5)6;1-10(2,3)8-7-9-12-11(4,5)6;1-10(2,3)8-7-9-11(4,5)6;1-9(2,3)11-7-8-12-10(4,5)6;1-9(2,3)7-8-11-10(4,5)6;1-8(2,3)10-7-11-9(4,5)6/h2*7-9H2,1-6H3;7-9H2,1-6H3;7-8H2,1-6H3;7-8H2,1-6H3;7H2,1-6H3. The third-order valence-corrected chi connectivity index (χ3v) is 8.52. The van der Waals surface area contributed by atoms with Gasteiger partial charge in [-0.05, 0) is 196 Å². The van der Waals surface area contributed by atoms with Crippen LogP contribution in [0.4, 0.5) is 0 Å². The first-order chi connectivity index (χ1) is 29.7. The number of hydrogen-bond donors (Lipinski definition) is 0. The molecule has 0 heterocycles. The van der Waals surface area contributed by atoms with Gasteiger partial charge in [-0.2, -0.15) is 0 Å². The summed E-state index contributed by atoms with van der Waals surface area (Å²) in [5.74, 6) is 0. The summed E-state index contributed by atoms with van der Waals surface area (Å²) < 4.78 is 38.6. The van der Waals surface area contributed by atoms with E-state index in [4.69, 9.17) is 33.2 Å². The molecule has 0 unspecified atom stereocenters.